The largest absolute Gasteiger partial charge is 0.463 e. The van der Waals surface area contributed by atoms with Gasteiger partial charge in [-0.05, 0) is 29.8 Å². The highest BCUT2D eigenvalue weighted by atomic mass is 16.6. The van der Waals surface area contributed by atoms with E-state index in [2.05, 4.69) is 11.8 Å². The maximum atomic E-state index is 11.8. The topological polar surface area (TPSA) is 88.1 Å². The van der Waals surface area contributed by atoms with Crippen LogP contribution in [0.1, 0.15) is 50.0 Å². The Kier molecular flexibility index (Phi) is 8.22. The van der Waals surface area contributed by atoms with Crippen LogP contribution in [0.5, 0.6) is 0 Å². The Balaban J connectivity index is 1.93. The Morgan fingerprint density at radius 3 is 2.21 bits per heavy atom. The average molecular weight is 450 g/mol. The lowest BCUT2D eigenvalue weighted by molar-refractivity contribution is -0.214. The van der Waals surface area contributed by atoms with Gasteiger partial charge in [0.15, 0.2) is 6.10 Å². The van der Waals surface area contributed by atoms with E-state index >= 15 is 0 Å². The molecular formula is C26H26O7. The summed E-state index contributed by atoms with van der Waals surface area (Å²) in [6, 6.07) is 17.0. The smallest absolute Gasteiger partial charge is 0.303 e. The van der Waals surface area contributed by atoms with Crippen LogP contribution in [0.4, 0.5) is 0 Å². The van der Waals surface area contributed by atoms with Crippen LogP contribution < -0.4 is 0 Å². The van der Waals surface area contributed by atoms with Gasteiger partial charge in [0.1, 0.15) is 18.8 Å². The maximum Gasteiger partial charge on any atom is 0.303 e. The quantitative estimate of drug-likeness (QED) is 0.392. The summed E-state index contributed by atoms with van der Waals surface area (Å²) in [4.78, 5) is 34.9. The molecule has 1 fully saturated rings. The number of hydrogen-bond acceptors (Lipinski definition) is 7. The Morgan fingerprint density at radius 1 is 0.879 bits per heavy atom. The number of ether oxygens (including phenoxy) is 4. The SMILES string of the molecule is CC(=O)OCC1CC(OC(C)=O)C(OC(C)=O)C(c2cccc(C#Cc3ccccc3)c2)O1. The first-order valence-corrected chi connectivity index (χ1v) is 10.6. The van der Waals surface area contributed by atoms with Crippen molar-refractivity contribution in [1.29, 1.82) is 0 Å². The zero-order valence-electron chi connectivity index (χ0n) is 18.8. The third kappa shape index (κ3) is 7.19. The van der Waals surface area contributed by atoms with Crippen molar-refractivity contribution in [2.45, 2.75) is 51.6 Å². The average Bonchev–Trinajstić information content (AvgIpc) is 2.78. The van der Waals surface area contributed by atoms with Crippen molar-refractivity contribution in [2.75, 3.05) is 6.61 Å². The molecule has 2 aromatic rings. The Bertz CT molecular complexity index is 1050. The van der Waals surface area contributed by atoms with Crippen molar-refractivity contribution >= 4 is 17.9 Å². The van der Waals surface area contributed by atoms with Crippen LogP contribution in [0.15, 0.2) is 54.6 Å². The van der Waals surface area contributed by atoms with Crippen LogP contribution in [0.3, 0.4) is 0 Å². The van der Waals surface area contributed by atoms with Crippen molar-refractivity contribution in [3.05, 3.63) is 71.3 Å². The molecule has 0 amide bonds. The molecule has 4 atom stereocenters. The van der Waals surface area contributed by atoms with Gasteiger partial charge < -0.3 is 18.9 Å². The molecule has 0 aliphatic carbocycles. The summed E-state index contributed by atoms with van der Waals surface area (Å²) in [6.07, 6.45) is -2.70. The predicted molar refractivity (Wildman–Crippen MR) is 119 cm³/mol. The molecule has 1 heterocycles. The molecular weight excluding hydrogens is 424 g/mol. The van der Waals surface area contributed by atoms with E-state index in [0.717, 1.165) is 11.1 Å². The molecule has 0 radical (unpaired) electrons. The van der Waals surface area contributed by atoms with Crippen LogP contribution in [0, 0.1) is 11.8 Å². The molecule has 172 valence electrons. The van der Waals surface area contributed by atoms with Gasteiger partial charge >= 0.3 is 17.9 Å². The molecule has 1 aliphatic rings. The van der Waals surface area contributed by atoms with Crippen molar-refractivity contribution < 1.29 is 33.3 Å². The van der Waals surface area contributed by atoms with Crippen LogP contribution in [0.25, 0.3) is 0 Å². The monoisotopic (exact) mass is 450 g/mol. The molecule has 0 spiro atoms. The number of carbonyl (C=O) groups is 3. The minimum Gasteiger partial charge on any atom is -0.463 e. The first-order valence-electron chi connectivity index (χ1n) is 10.6. The maximum absolute atomic E-state index is 11.8. The van der Waals surface area contributed by atoms with Gasteiger partial charge in [-0.2, -0.15) is 0 Å². The summed E-state index contributed by atoms with van der Waals surface area (Å²) in [5, 5.41) is 0. The molecule has 3 rings (SSSR count). The van der Waals surface area contributed by atoms with Crippen molar-refractivity contribution in [1.82, 2.24) is 0 Å². The molecule has 1 aliphatic heterocycles. The summed E-state index contributed by atoms with van der Waals surface area (Å²) in [5.41, 5.74) is 2.32. The number of carbonyl (C=O) groups excluding carboxylic acids is 3. The lowest BCUT2D eigenvalue weighted by Gasteiger charge is -2.40. The van der Waals surface area contributed by atoms with Crippen LogP contribution >= 0.6 is 0 Å². The molecule has 2 aromatic carbocycles. The molecule has 0 N–H and O–H groups in total. The fraction of sp³-hybridized carbons (Fsp3) is 0.346. The van der Waals surface area contributed by atoms with E-state index in [1.165, 1.54) is 20.8 Å². The van der Waals surface area contributed by atoms with E-state index < -0.39 is 42.3 Å². The second-order valence-corrected chi connectivity index (χ2v) is 7.68. The Morgan fingerprint density at radius 2 is 1.55 bits per heavy atom. The highest BCUT2D eigenvalue weighted by molar-refractivity contribution is 5.67. The fourth-order valence-electron chi connectivity index (χ4n) is 3.63. The Labute approximate surface area is 193 Å². The highest BCUT2D eigenvalue weighted by Crippen LogP contribution is 2.36. The highest BCUT2D eigenvalue weighted by Gasteiger charge is 2.44. The summed E-state index contributed by atoms with van der Waals surface area (Å²) >= 11 is 0. The molecule has 0 bridgehead atoms. The van der Waals surface area contributed by atoms with Gasteiger partial charge in [0.2, 0.25) is 0 Å². The minimum atomic E-state index is -0.864. The van der Waals surface area contributed by atoms with E-state index in [-0.39, 0.29) is 13.0 Å². The van der Waals surface area contributed by atoms with Crippen LogP contribution in [-0.2, 0) is 33.3 Å². The van der Waals surface area contributed by atoms with E-state index in [1.807, 2.05) is 54.6 Å². The standard InChI is InChI=1S/C26H26O7/c1-17(27)30-16-23-15-24(31-18(2)28)26(32-19(3)29)25(33-23)22-11-7-10-21(14-22)13-12-20-8-5-4-6-9-20/h4-11,14,23-26H,15-16H2,1-3H3. The number of esters is 3. The first-order chi connectivity index (χ1) is 15.8. The van der Waals surface area contributed by atoms with E-state index in [4.69, 9.17) is 18.9 Å². The molecule has 7 heteroatoms. The van der Waals surface area contributed by atoms with Crippen molar-refractivity contribution in [3.63, 3.8) is 0 Å². The Hall–Kier alpha value is -3.63. The van der Waals surface area contributed by atoms with Gasteiger partial charge in [0.25, 0.3) is 0 Å². The zero-order valence-corrected chi connectivity index (χ0v) is 18.8. The van der Waals surface area contributed by atoms with Crippen molar-refractivity contribution in [3.8, 4) is 11.8 Å². The molecule has 7 nitrogen and oxygen atoms in total. The van der Waals surface area contributed by atoms with E-state index in [1.54, 1.807) is 0 Å². The normalized spacial score (nSPS) is 21.8. The predicted octanol–water partition coefficient (Wildman–Crippen LogP) is 3.34. The molecule has 1 saturated heterocycles. The zero-order chi connectivity index (χ0) is 23.8. The third-order valence-electron chi connectivity index (χ3n) is 4.93. The third-order valence-corrected chi connectivity index (χ3v) is 4.93. The summed E-state index contributed by atoms with van der Waals surface area (Å²) in [6.45, 7) is 3.87. The van der Waals surface area contributed by atoms with Crippen LogP contribution in [-0.4, -0.2) is 42.8 Å². The van der Waals surface area contributed by atoms with Crippen molar-refractivity contribution in [2.24, 2.45) is 0 Å². The van der Waals surface area contributed by atoms with Gasteiger partial charge in [-0.1, -0.05) is 42.2 Å². The second-order valence-electron chi connectivity index (χ2n) is 7.68. The summed E-state index contributed by atoms with van der Waals surface area (Å²) in [5.74, 6) is 4.75. The van der Waals surface area contributed by atoms with E-state index in [9.17, 15) is 14.4 Å². The van der Waals surface area contributed by atoms with Crippen LogP contribution in [0.2, 0.25) is 0 Å². The number of hydrogen-bond donors (Lipinski definition) is 0. The number of rotatable bonds is 5. The van der Waals surface area contributed by atoms with Gasteiger partial charge in [-0.3, -0.25) is 14.4 Å². The second kappa shape index (κ2) is 11.3. The molecule has 0 saturated carbocycles. The van der Waals surface area contributed by atoms with Gasteiger partial charge in [-0.25, -0.2) is 0 Å². The summed E-state index contributed by atoms with van der Waals surface area (Å²) < 4.78 is 22.3. The number of benzene rings is 2. The molecule has 33 heavy (non-hydrogen) atoms. The van der Waals surface area contributed by atoms with Gasteiger partial charge in [0.05, 0.1) is 6.10 Å². The first kappa shape index (κ1) is 24.0. The van der Waals surface area contributed by atoms with E-state index in [0.29, 0.717) is 5.56 Å². The van der Waals surface area contributed by atoms with Gasteiger partial charge in [-0.15, -0.1) is 0 Å². The minimum absolute atomic E-state index is 0.0100. The lowest BCUT2D eigenvalue weighted by atomic mass is 9.92. The fourth-order valence-corrected chi connectivity index (χ4v) is 3.63. The van der Waals surface area contributed by atoms with Gasteiger partial charge in [0, 0.05) is 38.3 Å². The molecule has 0 aromatic heterocycles. The summed E-state index contributed by atoms with van der Waals surface area (Å²) in [7, 11) is 0. The molecule has 4 unspecified atom stereocenters. The lowest BCUT2D eigenvalue weighted by Crippen LogP contribution is -2.49.